The van der Waals surface area contributed by atoms with Crippen LogP contribution in [0.15, 0.2) is 36.4 Å². The van der Waals surface area contributed by atoms with E-state index < -0.39 is 12.1 Å². The molecular weight excluding hydrogens is 170 g/mol. The minimum Gasteiger partial charge on any atom is -0.479 e. The SMILES string of the molecule is NCC(O)C(=O)O.c1ccccc1. The smallest absolute Gasteiger partial charge is 0.333 e. The van der Waals surface area contributed by atoms with Crippen molar-refractivity contribution >= 4 is 5.97 Å². The highest BCUT2D eigenvalue weighted by Gasteiger charge is 2.07. The molecule has 0 bridgehead atoms. The lowest BCUT2D eigenvalue weighted by molar-refractivity contribution is -0.145. The zero-order valence-electron chi connectivity index (χ0n) is 7.13. The monoisotopic (exact) mass is 183 g/mol. The van der Waals surface area contributed by atoms with Gasteiger partial charge in [0.1, 0.15) is 0 Å². The van der Waals surface area contributed by atoms with Gasteiger partial charge in [0.25, 0.3) is 0 Å². The molecule has 0 saturated heterocycles. The van der Waals surface area contributed by atoms with Gasteiger partial charge in [0.05, 0.1) is 0 Å². The van der Waals surface area contributed by atoms with Crippen molar-refractivity contribution < 1.29 is 15.0 Å². The van der Waals surface area contributed by atoms with E-state index in [1.54, 1.807) is 0 Å². The molecule has 0 aromatic heterocycles. The molecule has 0 aliphatic rings. The van der Waals surface area contributed by atoms with Crippen molar-refractivity contribution in [3.63, 3.8) is 0 Å². The Morgan fingerprint density at radius 2 is 1.46 bits per heavy atom. The number of carboxylic acids is 1. The van der Waals surface area contributed by atoms with Gasteiger partial charge < -0.3 is 15.9 Å². The Morgan fingerprint density at radius 3 is 1.54 bits per heavy atom. The van der Waals surface area contributed by atoms with Gasteiger partial charge in [-0.1, -0.05) is 36.4 Å². The van der Waals surface area contributed by atoms with Crippen LogP contribution in [0.1, 0.15) is 0 Å². The summed E-state index contributed by atoms with van der Waals surface area (Å²) in [5, 5.41) is 16.1. The van der Waals surface area contributed by atoms with Crippen LogP contribution in [0.25, 0.3) is 0 Å². The molecule has 1 rings (SSSR count). The summed E-state index contributed by atoms with van der Waals surface area (Å²) in [5.41, 5.74) is 4.74. The number of benzene rings is 1. The van der Waals surface area contributed by atoms with Gasteiger partial charge in [0.2, 0.25) is 0 Å². The van der Waals surface area contributed by atoms with Crippen LogP contribution in [0.4, 0.5) is 0 Å². The molecular formula is C9H13NO3. The Labute approximate surface area is 76.6 Å². The molecule has 0 aliphatic heterocycles. The molecule has 1 atom stereocenters. The standard InChI is InChI=1S/C6H6.C3H7NO3/c1-2-4-6-5-3-1;4-1-2(5)3(6)7/h1-6H;2,5H,1,4H2,(H,6,7). The molecule has 0 aliphatic carbocycles. The van der Waals surface area contributed by atoms with Crippen LogP contribution in [0.5, 0.6) is 0 Å². The van der Waals surface area contributed by atoms with Crippen LogP contribution < -0.4 is 5.73 Å². The van der Waals surface area contributed by atoms with Crippen molar-refractivity contribution in [2.75, 3.05) is 6.54 Å². The average molecular weight is 183 g/mol. The molecule has 0 radical (unpaired) electrons. The zero-order chi connectivity index (χ0) is 10.1. The largest absolute Gasteiger partial charge is 0.479 e. The maximum Gasteiger partial charge on any atom is 0.333 e. The predicted molar refractivity (Wildman–Crippen MR) is 49.1 cm³/mol. The average Bonchev–Trinajstić information content (AvgIpc) is 2.20. The maximum absolute atomic E-state index is 9.60. The van der Waals surface area contributed by atoms with E-state index in [2.05, 4.69) is 0 Å². The maximum atomic E-state index is 9.60. The molecule has 0 heterocycles. The van der Waals surface area contributed by atoms with E-state index in [1.807, 2.05) is 36.4 Å². The Balaban J connectivity index is 0.000000223. The van der Waals surface area contributed by atoms with Crippen LogP contribution in [0.3, 0.4) is 0 Å². The van der Waals surface area contributed by atoms with E-state index in [1.165, 1.54) is 0 Å². The summed E-state index contributed by atoms with van der Waals surface area (Å²) in [6, 6.07) is 12.0. The normalized spacial score (nSPS) is 10.9. The van der Waals surface area contributed by atoms with Crippen molar-refractivity contribution in [2.24, 2.45) is 5.73 Å². The lowest BCUT2D eigenvalue weighted by Gasteiger charge is -1.96. The number of carbonyl (C=O) groups is 1. The molecule has 1 aromatic rings. The number of carboxylic acid groups (broad SMARTS) is 1. The Morgan fingerprint density at radius 1 is 1.15 bits per heavy atom. The topological polar surface area (TPSA) is 83.5 Å². The van der Waals surface area contributed by atoms with Gasteiger partial charge in [-0.2, -0.15) is 0 Å². The van der Waals surface area contributed by atoms with Crippen LogP contribution >= 0.6 is 0 Å². The van der Waals surface area contributed by atoms with E-state index in [9.17, 15) is 4.79 Å². The van der Waals surface area contributed by atoms with Crippen molar-refractivity contribution in [2.45, 2.75) is 6.10 Å². The molecule has 0 fully saturated rings. The Hall–Kier alpha value is -1.39. The number of hydrogen-bond donors (Lipinski definition) is 3. The Kier molecular flexibility index (Phi) is 6.49. The minimum atomic E-state index is -1.40. The summed E-state index contributed by atoms with van der Waals surface area (Å²) in [5.74, 6) is -1.28. The molecule has 4 nitrogen and oxygen atoms in total. The number of hydrogen-bond acceptors (Lipinski definition) is 3. The molecule has 1 aromatic carbocycles. The molecule has 4 heteroatoms. The zero-order valence-corrected chi connectivity index (χ0v) is 7.13. The van der Waals surface area contributed by atoms with Gasteiger partial charge in [-0.05, 0) is 0 Å². The first kappa shape index (κ1) is 11.6. The van der Waals surface area contributed by atoms with Crippen LogP contribution in [0.2, 0.25) is 0 Å². The van der Waals surface area contributed by atoms with Gasteiger partial charge >= 0.3 is 5.97 Å². The third kappa shape index (κ3) is 6.99. The molecule has 72 valence electrons. The first-order valence-corrected chi connectivity index (χ1v) is 3.79. The van der Waals surface area contributed by atoms with Crippen LogP contribution in [0, 0.1) is 0 Å². The van der Waals surface area contributed by atoms with Gasteiger partial charge in [-0.15, -0.1) is 0 Å². The van der Waals surface area contributed by atoms with Gasteiger partial charge in [0, 0.05) is 6.54 Å². The molecule has 0 saturated carbocycles. The van der Waals surface area contributed by atoms with Crippen LogP contribution in [-0.2, 0) is 4.79 Å². The number of aliphatic hydroxyl groups excluding tert-OH is 1. The number of rotatable bonds is 2. The highest BCUT2D eigenvalue weighted by Crippen LogP contribution is 1.79. The minimum absolute atomic E-state index is 0.227. The molecule has 1 unspecified atom stereocenters. The van der Waals surface area contributed by atoms with Crippen LogP contribution in [-0.4, -0.2) is 28.8 Å². The van der Waals surface area contributed by atoms with E-state index in [0.29, 0.717) is 0 Å². The summed E-state index contributed by atoms with van der Waals surface area (Å²) < 4.78 is 0. The fourth-order valence-corrected chi connectivity index (χ4v) is 0.486. The fraction of sp³-hybridized carbons (Fsp3) is 0.222. The summed E-state index contributed by atoms with van der Waals surface area (Å²) in [6.45, 7) is -0.227. The highest BCUT2D eigenvalue weighted by molar-refractivity contribution is 5.72. The van der Waals surface area contributed by atoms with Crippen molar-refractivity contribution in [1.82, 2.24) is 0 Å². The van der Waals surface area contributed by atoms with E-state index in [4.69, 9.17) is 15.9 Å². The second-order valence-electron chi connectivity index (χ2n) is 2.24. The lowest BCUT2D eigenvalue weighted by atomic mass is 10.4. The van der Waals surface area contributed by atoms with Crippen molar-refractivity contribution in [3.05, 3.63) is 36.4 Å². The summed E-state index contributed by atoms with van der Waals surface area (Å²) in [7, 11) is 0. The molecule has 4 N–H and O–H groups in total. The second kappa shape index (κ2) is 7.27. The van der Waals surface area contributed by atoms with E-state index in [-0.39, 0.29) is 6.54 Å². The number of nitrogens with two attached hydrogens (primary N) is 1. The number of aliphatic hydroxyl groups is 1. The molecule has 0 spiro atoms. The predicted octanol–water partition coefficient (Wildman–Crippen LogP) is 0.0772. The third-order valence-electron chi connectivity index (χ3n) is 1.17. The van der Waals surface area contributed by atoms with Gasteiger partial charge in [-0.3, -0.25) is 0 Å². The van der Waals surface area contributed by atoms with Gasteiger partial charge in [-0.25, -0.2) is 4.79 Å². The summed E-state index contributed by atoms with van der Waals surface area (Å²) in [6.07, 6.45) is -1.40. The van der Waals surface area contributed by atoms with E-state index in [0.717, 1.165) is 0 Å². The van der Waals surface area contributed by atoms with Gasteiger partial charge in [0.15, 0.2) is 6.10 Å². The van der Waals surface area contributed by atoms with Crippen molar-refractivity contribution in [3.8, 4) is 0 Å². The van der Waals surface area contributed by atoms with Crippen molar-refractivity contribution in [1.29, 1.82) is 0 Å². The first-order chi connectivity index (χ1) is 6.18. The molecule has 0 amide bonds. The summed E-state index contributed by atoms with van der Waals surface area (Å²) >= 11 is 0. The third-order valence-corrected chi connectivity index (χ3v) is 1.17. The summed E-state index contributed by atoms with van der Waals surface area (Å²) in [4.78, 5) is 9.60. The second-order valence-corrected chi connectivity index (χ2v) is 2.24. The lowest BCUT2D eigenvalue weighted by Crippen LogP contribution is -2.28. The van der Waals surface area contributed by atoms with E-state index >= 15 is 0 Å². The quantitative estimate of drug-likeness (QED) is 0.606. The fourth-order valence-electron chi connectivity index (χ4n) is 0.486. The number of aliphatic carboxylic acids is 1. The highest BCUT2D eigenvalue weighted by atomic mass is 16.4. The molecule has 13 heavy (non-hydrogen) atoms. The Bertz CT molecular complexity index is 199. The first-order valence-electron chi connectivity index (χ1n) is 3.79.